The Morgan fingerprint density at radius 3 is 2.94 bits per heavy atom. The van der Waals surface area contributed by atoms with Gasteiger partial charge in [0.25, 0.3) is 0 Å². The van der Waals surface area contributed by atoms with E-state index < -0.39 is 11.8 Å². The molecule has 0 aliphatic rings. The third kappa shape index (κ3) is 2.37. The van der Waals surface area contributed by atoms with Gasteiger partial charge in [0, 0.05) is 19.0 Å². The van der Waals surface area contributed by atoms with Crippen LogP contribution in [-0.2, 0) is 4.79 Å². The maximum Gasteiger partial charge on any atom is 0.305 e. The van der Waals surface area contributed by atoms with Crippen LogP contribution in [0.4, 0.5) is 10.2 Å². The first-order chi connectivity index (χ1) is 8.59. The van der Waals surface area contributed by atoms with Crippen molar-refractivity contribution in [3.8, 4) is 0 Å². The Morgan fingerprint density at radius 1 is 1.44 bits per heavy atom. The van der Waals surface area contributed by atoms with Crippen LogP contribution in [0.2, 0.25) is 0 Å². The largest absolute Gasteiger partial charge is 0.481 e. The number of para-hydroxylation sites is 1. The number of benzene rings is 1. The number of rotatable bonds is 4. The molecule has 0 unspecified atom stereocenters. The van der Waals surface area contributed by atoms with Crippen molar-refractivity contribution in [2.45, 2.75) is 6.42 Å². The molecule has 1 aromatic heterocycles. The van der Waals surface area contributed by atoms with Crippen LogP contribution >= 0.6 is 0 Å². The Bertz CT molecular complexity index is 589. The Kier molecular flexibility index (Phi) is 3.36. The van der Waals surface area contributed by atoms with Gasteiger partial charge in [-0.3, -0.25) is 4.79 Å². The summed E-state index contributed by atoms with van der Waals surface area (Å²) in [5.74, 6) is -0.769. The number of nitrogens with zero attached hydrogens (tertiary/aromatic N) is 3. The third-order valence-electron chi connectivity index (χ3n) is 2.62. The van der Waals surface area contributed by atoms with E-state index in [1.807, 2.05) is 0 Å². The molecule has 1 N–H and O–H groups in total. The molecule has 0 atom stereocenters. The second-order valence-corrected chi connectivity index (χ2v) is 3.90. The minimum Gasteiger partial charge on any atom is -0.481 e. The standard InChI is InChI=1S/C12H12FN3O2/c1-16(6-5-10(17)18)12-8-3-2-4-9(13)11(8)14-7-15-12/h2-4,7H,5-6H2,1H3,(H,17,18). The van der Waals surface area contributed by atoms with Crippen molar-refractivity contribution in [3.05, 3.63) is 30.3 Å². The van der Waals surface area contributed by atoms with Gasteiger partial charge in [-0.25, -0.2) is 14.4 Å². The van der Waals surface area contributed by atoms with Gasteiger partial charge in [0.15, 0.2) is 0 Å². The zero-order valence-corrected chi connectivity index (χ0v) is 9.80. The number of carboxylic acids is 1. The monoisotopic (exact) mass is 249 g/mol. The van der Waals surface area contributed by atoms with Gasteiger partial charge < -0.3 is 10.0 Å². The summed E-state index contributed by atoms with van der Waals surface area (Å²) < 4.78 is 13.5. The predicted octanol–water partition coefficient (Wildman–Crippen LogP) is 1.68. The van der Waals surface area contributed by atoms with E-state index in [4.69, 9.17) is 5.11 Å². The highest BCUT2D eigenvalue weighted by Crippen LogP contribution is 2.23. The van der Waals surface area contributed by atoms with E-state index in [1.54, 1.807) is 24.1 Å². The average molecular weight is 249 g/mol. The topological polar surface area (TPSA) is 66.3 Å². The smallest absolute Gasteiger partial charge is 0.305 e. The highest BCUT2D eigenvalue weighted by molar-refractivity contribution is 5.89. The highest BCUT2D eigenvalue weighted by atomic mass is 19.1. The Labute approximate surface area is 103 Å². The second kappa shape index (κ2) is 4.95. The first-order valence-electron chi connectivity index (χ1n) is 5.41. The molecular weight excluding hydrogens is 237 g/mol. The molecule has 2 rings (SSSR count). The molecule has 6 heteroatoms. The molecule has 5 nitrogen and oxygen atoms in total. The number of carbonyl (C=O) groups is 1. The molecule has 1 aromatic carbocycles. The molecule has 0 fully saturated rings. The van der Waals surface area contributed by atoms with E-state index in [0.29, 0.717) is 17.7 Å². The lowest BCUT2D eigenvalue weighted by atomic mass is 10.2. The summed E-state index contributed by atoms with van der Waals surface area (Å²) in [4.78, 5) is 20.2. The van der Waals surface area contributed by atoms with Crippen LogP contribution in [-0.4, -0.2) is 34.6 Å². The second-order valence-electron chi connectivity index (χ2n) is 3.90. The summed E-state index contributed by atoms with van der Waals surface area (Å²) in [6.07, 6.45) is 1.27. The van der Waals surface area contributed by atoms with Gasteiger partial charge in [0.1, 0.15) is 23.5 Å². The molecule has 0 bridgehead atoms. The SMILES string of the molecule is CN(CCC(=O)O)c1ncnc2c(F)cccc12. The van der Waals surface area contributed by atoms with E-state index in [1.165, 1.54) is 12.4 Å². The highest BCUT2D eigenvalue weighted by Gasteiger charge is 2.11. The number of halogens is 1. The van der Waals surface area contributed by atoms with Crippen molar-refractivity contribution < 1.29 is 14.3 Å². The lowest BCUT2D eigenvalue weighted by Gasteiger charge is -2.18. The van der Waals surface area contributed by atoms with Crippen LogP contribution in [0.15, 0.2) is 24.5 Å². The van der Waals surface area contributed by atoms with Crippen molar-refractivity contribution >= 4 is 22.7 Å². The van der Waals surface area contributed by atoms with Crippen molar-refractivity contribution in [1.29, 1.82) is 0 Å². The minimum absolute atomic E-state index is 0.00267. The molecule has 0 radical (unpaired) electrons. The molecular formula is C12H12FN3O2. The summed E-state index contributed by atoms with van der Waals surface area (Å²) >= 11 is 0. The number of aromatic nitrogens is 2. The van der Waals surface area contributed by atoms with Gasteiger partial charge in [-0.2, -0.15) is 0 Å². The summed E-state index contributed by atoms with van der Waals surface area (Å²) in [6.45, 7) is 0.304. The number of aliphatic carboxylic acids is 1. The number of hydrogen-bond acceptors (Lipinski definition) is 4. The van der Waals surface area contributed by atoms with Crippen LogP contribution in [0.1, 0.15) is 6.42 Å². The quantitative estimate of drug-likeness (QED) is 0.893. The van der Waals surface area contributed by atoms with Crippen molar-refractivity contribution in [2.24, 2.45) is 0 Å². The molecule has 0 aliphatic carbocycles. The summed E-state index contributed by atoms with van der Waals surface area (Å²) in [5, 5.41) is 9.22. The fourth-order valence-corrected chi connectivity index (χ4v) is 1.71. The third-order valence-corrected chi connectivity index (χ3v) is 2.62. The number of carboxylic acid groups (broad SMARTS) is 1. The average Bonchev–Trinajstić information content (AvgIpc) is 2.36. The Morgan fingerprint density at radius 2 is 2.22 bits per heavy atom. The molecule has 18 heavy (non-hydrogen) atoms. The van der Waals surface area contributed by atoms with Crippen LogP contribution in [0.5, 0.6) is 0 Å². The van der Waals surface area contributed by atoms with Gasteiger partial charge in [-0.1, -0.05) is 6.07 Å². The number of anilines is 1. The molecule has 0 saturated heterocycles. The van der Waals surface area contributed by atoms with Crippen LogP contribution < -0.4 is 4.90 Å². The molecule has 0 spiro atoms. The molecule has 2 aromatic rings. The van der Waals surface area contributed by atoms with E-state index in [-0.39, 0.29) is 11.9 Å². The van der Waals surface area contributed by atoms with Gasteiger partial charge in [0.2, 0.25) is 0 Å². The summed E-state index contributed by atoms with van der Waals surface area (Å²) in [6, 6.07) is 4.62. The minimum atomic E-state index is -0.883. The lowest BCUT2D eigenvalue weighted by molar-refractivity contribution is -0.136. The zero-order chi connectivity index (χ0) is 13.1. The maximum absolute atomic E-state index is 13.5. The normalized spacial score (nSPS) is 10.6. The molecule has 0 amide bonds. The number of fused-ring (bicyclic) bond motifs is 1. The molecule has 1 heterocycles. The summed E-state index contributed by atoms with van der Waals surface area (Å²) in [7, 11) is 1.72. The van der Waals surface area contributed by atoms with E-state index in [2.05, 4.69) is 9.97 Å². The Balaban J connectivity index is 2.38. The summed E-state index contributed by atoms with van der Waals surface area (Å²) in [5.41, 5.74) is 0.240. The van der Waals surface area contributed by atoms with Crippen LogP contribution in [0.3, 0.4) is 0 Å². The van der Waals surface area contributed by atoms with Gasteiger partial charge >= 0.3 is 5.97 Å². The van der Waals surface area contributed by atoms with Gasteiger partial charge in [-0.15, -0.1) is 0 Å². The number of hydrogen-bond donors (Lipinski definition) is 1. The van der Waals surface area contributed by atoms with E-state index >= 15 is 0 Å². The Hall–Kier alpha value is -2.24. The van der Waals surface area contributed by atoms with E-state index in [9.17, 15) is 9.18 Å². The van der Waals surface area contributed by atoms with Crippen molar-refractivity contribution in [2.75, 3.05) is 18.5 Å². The maximum atomic E-state index is 13.5. The molecule has 0 aliphatic heterocycles. The molecule has 0 saturated carbocycles. The van der Waals surface area contributed by atoms with Gasteiger partial charge in [0.05, 0.1) is 6.42 Å². The predicted molar refractivity (Wildman–Crippen MR) is 65.0 cm³/mol. The fourth-order valence-electron chi connectivity index (χ4n) is 1.71. The lowest BCUT2D eigenvalue weighted by Crippen LogP contribution is -2.22. The van der Waals surface area contributed by atoms with Crippen molar-refractivity contribution in [1.82, 2.24) is 9.97 Å². The molecule has 94 valence electrons. The fraction of sp³-hybridized carbons (Fsp3) is 0.250. The van der Waals surface area contributed by atoms with Gasteiger partial charge in [-0.05, 0) is 12.1 Å². The zero-order valence-electron chi connectivity index (χ0n) is 9.80. The van der Waals surface area contributed by atoms with E-state index in [0.717, 1.165) is 0 Å². The first-order valence-corrected chi connectivity index (χ1v) is 5.41. The first kappa shape index (κ1) is 12.2. The van der Waals surface area contributed by atoms with Crippen LogP contribution in [0.25, 0.3) is 10.9 Å². The van der Waals surface area contributed by atoms with Crippen molar-refractivity contribution in [3.63, 3.8) is 0 Å². The van der Waals surface area contributed by atoms with Crippen LogP contribution in [0, 0.1) is 5.82 Å².